The van der Waals surface area contributed by atoms with Crippen molar-refractivity contribution in [2.75, 3.05) is 5.32 Å². The third-order valence-corrected chi connectivity index (χ3v) is 4.56. The molecule has 0 spiro atoms. The van der Waals surface area contributed by atoms with Gasteiger partial charge in [-0.1, -0.05) is 24.8 Å². The van der Waals surface area contributed by atoms with E-state index in [1.54, 1.807) is 0 Å². The zero-order chi connectivity index (χ0) is 14.4. The molecule has 0 unspecified atom stereocenters. The van der Waals surface area contributed by atoms with Gasteiger partial charge in [0.05, 0.1) is 5.69 Å². The first kappa shape index (κ1) is 12.9. The molecule has 1 amide bonds. The Morgan fingerprint density at radius 3 is 2.45 bits per heavy atom. The van der Waals surface area contributed by atoms with E-state index in [-0.39, 0.29) is 5.91 Å². The number of hydrogen-bond acceptors (Lipinski definition) is 1. The molecule has 2 nitrogen and oxygen atoms in total. The van der Waals surface area contributed by atoms with Crippen LogP contribution in [0.25, 0.3) is 5.57 Å². The van der Waals surface area contributed by atoms with Gasteiger partial charge in [0.1, 0.15) is 0 Å². The fourth-order valence-electron chi connectivity index (χ4n) is 3.09. The number of allylic oxidation sites excluding steroid dienone is 5. The maximum atomic E-state index is 11.7. The third kappa shape index (κ3) is 1.75. The van der Waals surface area contributed by atoms with Crippen molar-refractivity contribution < 1.29 is 4.79 Å². The predicted molar refractivity (Wildman–Crippen MR) is 83.5 cm³/mol. The normalized spacial score (nSPS) is 18.6. The molecule has 0 atom stereocenters. The summed E-state index contributed by atoms with van der Waals surface area (Å²) in [6, 6.07) is 6.25. The zero-order valence-corrected chi connectivity index (χ0v) is 12.3. The van der Waals surface area contributed by atoms with E-state index >= 15 is 0 Å². The Morgan fingerprint density at radius 1 is 1.05 bits per heavy atom. The second-order valence-electron chi connectivity index (χ2n) is 5.62. The molecule has 2 aliphatic rings. The van der Waals surface area contributed by atoms with Crippen LogP contribution in [0.5, 0.6) is 0 Å². The minimum Gasteiger partial charge on any atom is -0.325 e. The summed E-state index contributed by atoms with van der Waals surface area (Å²) in [5, 5.41) is 3.04. The summed E-state index contributed by atoms with van der Waals surface area (Å²) in [4.78, 5) is 11.7. The molecule has 1 aromatic rings. The van der Waals surface area contributed by atoms with Crippen molar-refractivity contribution in [2.24, 2.45) is 0 Å². The van der Waals surface area contributed by atoms with Gasteiger partial charge in [-0.3, -0.25) is 4.79 Å². The number of carbonyl (C=O) groups excluding carboxylic acids is 1. The Labute approximate surface area is 119 Å². The molecule has 0 radical (unpaired) electrons. The van der Waals surface area contributed by atoms with Gasteiger partial charge < -0.3 is 5.32 Å². The summed E-state index contributed by atoms with van der Waals surface area (Å²) >= 11 is 0. The SMILES string of the molecule is C=C1C(C)=C(C)C(C)=C1c1cccc2c1NC(=O)CC2. The van der Waals surface area contributed by atoms with Crippen molar-refractivity contribution in [2.45, 2.75) is 33.6 Å². The molecule has 1 aliphatic heterocycles. The summed E-state index contributed by atoms with van der Waals surface area (Å²) < 4.78 is 0. The Hall–Kier alpha value is -2.09. The lowest BCUT2D eigenvalue weighted by Gasteiger charge is -2.22. The molecule has 0 aromatic heterocycles. The largest absolute Gasteiger partial charge is 0.325 e. The van der Waals surface area contributed by atoms with Crippen LogP contribution in [0.1, 0.15) is 38.3 Å². The number of anilines is 1. The maximum Gasteiger partial charge on any atom is 0.224 e. The van der Waals surface area contributed by atoms with Gasteiger partial charge in [-0.15, -0.1) is 0 Å². The van der Waals surface area contributed by atoms with E-state index in [0.717, 1.165) is 23.2 Å². The van der Waals surface area contributed by atoms with Crippen LogP contribution in [0.3, 0.4) is 0 Å². The Kier molecular flexibility index (Phi) is 2.89. The highest BCUT2D eigenvalue weighted by Gasteiger charge is 2.25. The number of hydrogen-bond donors (Lipinski definition) is 1. The molecule has 0 bridgehead atoms. The smallest absolute Gasteiger partial charge is 0.224 e. The van der Waals surface area contributed by atoms with Crippen molar-refractivity contribution in [3.63, 3.8) is 0 Å². The van der Waals surface area contributed by atoms with Crippen LogP contribution in [-0.4, -0.2) is 5.91 Å². The molecule has 3 rings (SSSR count). The van der Waals surface area contributed by atoms with Crippen LogP contribution < -0.4 is 5.32 Å². The first-order chi connectivity index (χ1) is 9.50. The standard InChI is InChI=1S/C18H19NO/c1-10-11(2)13(4)17(12(10)3)15-7-5-6-14-8-9-16(20)19-18(14)15/h5-7H,3,8-9H2,1-2,4H3,(H,19,20). The monoisotopic (exact) mass is 265 g/mol. The summed E-state index contributed by atoms with van der Waals surface area (Å²) in [5.41, 5.74) is 9.36. The number of benzene rings is 1. The van der Waals surface area contributed by atoms with Gasteiger partial charge in [-0.05, 0) is 60.6 Å². The van der Waals surface area contributed by atoms with Gasteiger partial charge in [-0.2, -0.15) is 0 Å². The fraction of sp³-hybridized carbons (Fsp3) is 0.278. The number of carbonyl (C=O) groups is 1. The van der Waals surface area contributed by atoms with E-state index in [0.29, 0.717) is 6.42 Å². The Morgan fingerprint density at radius 2 is 1.80 bits per heavy atom. The summed E-state index contributed by atoms with van der Waals surface area (Å²) in [5.74, 6) is 0.105. The topological polar surface area (TPSA) is 29.1 Å². The first-order valence-corrected chi connectivity index (χ1v) is 7.01. The lowest BCUT2D eigenvalue weighted by molar-refractivity contribution is -0.116. The van der Waals surface area contributed by atoms with Crippen LogP contribution in [0.15, 0.2) is 47.1 Å². The summed E-state index contributed by atoms with van der Waals surface area (Å²) in [7, 11) is 0. The number of fused-ring (bicyclic) bond motifs is 1. The molecule has 1 aromatic carbocycles. The lowest BCUT2D eigenvalue weighted by atomic mass is 9.90. The van der Waals surface area contributed by atoms with Crippen molar-refractivity contribution in [1.82, 2.24) is 0 Å². The minimum absolute atomic E-state index is 0.105. The molecular weight excluding hydrogens is 246 g/mol. The fourth-order valence-corrected chi connectivity index (χ4v) is 3.09. The Balaban J connectivity index is 2.19. The molecule has 1 heterocycles. The highest BCUT2D eigenvalue weighted by molar-refractivity contribution is 6.02. The second kappa shape index (κ2) is 4.48. The third-order valence-electron chi connectivity index (χ3n) is 4.56. The van der Waals surface area contributed by atoms with Gasteiger partial charge in [0.25, 0.3) is 0 Å². The van der Waals surface area contributed by atoms with Crippen LogP contribution >= 0.6 is 0 Å². The van der Waals surface area contributed by atoms with Crippen molar-refractivity contribution in [1.29, 1.82) is 0 Å². The maximum absolute atomic E-state index is 11.7. The average molecular weight is 265 g/mol. The number of nitrogens with one attached hydrogen (secondary N) is 1. The molecule has 1 aliphatic carbocycles. The van der Waals surface area contributed by atoms with E-state index in [4.69, 9.17) is 0 Å². The van der Waals surface area contributed by atoms with Gasteiger partial charge in [-0.25, -0.2) is 0 Å². The van der Waals surface area contributed by atoms with Crippen molar-refractivity contribution in [3.05, 3.63) is 58.2 Å². The van der Waals surface area contributed by atoms with Crippen LogP contribution in [0.2, 0.25) is 0 Å². The van der Waals surface area contributed by atoms with Crippen LogP contribution in [-0.2, 0) is 11.2 Å². The number of aryl methyl sites for hydroxylation is 1. The molecule has 1 N–H and O–H groups in total. The lowest BCUT2D eigenvalue weighted by Crippen LogP contribution is -2.20. The van der Waals surface area contributed by atoms with E-state index in [1.807, 2.05) is 0 Å². The molecule has 0 saturated carbocycles. The quantitative estimate of drug-likeness (QED) is 0.808. The van der Waals surface area contributed by atoms with Crippen LogP contribution in [0.4, 0.5) is 5.69 Å². The van der Waals surface area contributed by atoms with E-state index in [9.17, 15) is 4.79 Å². The van der Waals surface area contributed by atoms with E-state index < -0.39 is 0 Å². The molecule has 102 valence electrons. The zero-order valence-electron chi connectivity index (χ0n) is 12.3. The van der Waals surface area contributed by atoms with Crippen molar-refractivity contribution >= 4 is 17.2 Å². The van der Waals surface area contributed by atoms with E-state index in [1.165, 1.54) is 27.9 Å². The molecule has 2 heteroatoms. The molecule has 0 saturated heterocycles. The highest BCUT2D eigenvalue weighted by atomic mass is 16.1. The van der Waals surface area contributed by atoms with Crippen LogP contribution in [0, 0.1) is 0 Å². The predicted octanol–water partition coefficient (Wildman–Crippen LogP) is 4.25. The first-order valence-electron chi connectivity index (χ1n) is 7.01. The second-order valence-corrected chi connectivity index (χ2v) is 5.62. The average Bonchev–Trinajstić information content (AvgIpc) is 2.63. The minimum atomic E-state index is 0.105. The molecular formula is C18H19NO. The molecule has 0 fully saturated rings. The number of amides is 1. The van der Waals surface area contributed by atoms with Crippen molar-refractivity contribution in [3.8, 4) is 0 Å². The number of rotatable bonds is 1. The number of para-hydroxylation sites is 1. The molecule has 20 heavy (non-hydrogen) atoms. The van der Waals surface area contributed by atoms with Gasteiger partial charge in [0.15, 0.2) is 0 Å². The Bertz CT molecular complexity index is 704. The highest BCUT2D eigenvalue weighted by Crippen LogP contribution is 2.44. The summed E-state index contributed by atoms with van der Waals surface area (Å²) in [6.07, 6.45) is 1.39. The van der Waals surface area contributed by atoms with Gasteiger partial charge in [0, 0.05) is 12.0 Å². The summed E-state index contributed by atoms with van der Waals surface area (Å²) in [6.45, 7) is 10.6. The van der Waals surface area contributed by atoms with Gasteiger partial charge >= 0.3 is 0 Å². The van der Waals surface area contributed by atoms with E-state index in [2.05, 4.69) is 50.9 Å². The van der Waals surface area contributed by atoms with Gasteiger partial charge in [0.2, 0.25) is 5.91 Å².